The molecule has 1 heterocycles. The fourth-order valence-corrected chi connectivity index (χ4v) is 1.44. The van der Waals surface area contributed by atoms with Crippen LogP contribution < -0.4 is 5.73 Å². The van der Waals surface area contributed by atoms with E-state index in [4.69, 9.17) is 15.0 Å². The van der Waals surface area contributed by atoms with E-state index >= 15 is 0 Å². The van der Waals surface area contributed by atoms with E-state index in [1.54, 1.807) is 0 Å². The number of hydrogen-bond donors (Lipinski definition) is 1. The second-order valence-corrected chi connectivity index (χ2v) is 3.84. The zero-order valence-corrected chi connectivity index (χ0v) is 10.3. The minimum Gasteiger partial charge on any atom is -0.371 e. The smallest absolute Gasteiger partial charge is 0.243 e. The van der Waals surface area contributed by atoms with Gasteiger partial charge in [-0.3, -0.25) is 0 Å². The molecule has 0 amide bonds. The van der Waals surface area contributed by atoms with E-state index < -0.39 is 0 Å². The maximum absolute atomic E-state index is 5.93. The molecule has 2 atom stereocenters. The first-order chi connectivity index (χ1) is 7.69. The van der Waals surface area contributed by atoms with Crippen LogP contribution in [0.5, 0.6) is 0 Å². The number of hydrogen-bond acceptors (Lipinski definition) is 5. The summed E-state index contributed by atoms with van der Waals surface area (Å²) in [5.74, 6) is 1.08. The van der Waals surface area contributed by atoms with Gasteiger partial charge in [-0.1, -0.05) is 24.9 Å². The Balaban J connectivity index is 2.56. The molecule has 0 saturated heterocycles. The SMILES string of the molecule is CCCC[C@H](N)c1nc(C(C)OCC)no1. The van der Waals surface area contributed by atoms with Crippen LogP contribution >= 0.6 is 0 Å². The summed E-state index contributed by atoms with van der Waals surface area (Å²) < 4.78 is 10.5. The molecule has 92 valence electrons. The Morgan fingerprint density at radius 2 is 2.19 bits per heavy atom. The highest BCUT2D eigenvalue weighted by atomic mass is 16.5. The largest absolute Gasteiger partial charge is 0.371 e. The van der Waals surface area contributed by atoms with Gasteiger partial charge in [0.1, 0.15) is 6.10 Å². The van der Waals surface area contributed by atoms with E-state index in [1.807, 2.05) is 13.8 Å². The highest BCUT2D eigenvalue weighted by Gasteiger charge is 2.17. The lowest BCUT2D eigenvalue weighted by molar-refractivity contribution is 0.0683. The van der Waals surface area contributed by atoms with Crippen LogP contribution in [0.25, 0.3) is 0 Å². The number of aromatic nitrogens is 2. The molecule has 1 aromatic heterocycles. The van der Waals surface area contributed by atoms with Crippen molar-refractivity contribution in [2.24, 2.45) is 5.73 Å². The Morgan fingerprint density at radius 1 is 1.44 bits per heavy atom. The molecule has 0 aliphatic rings. The molecule has 16 heavy (non-hydrogen) atoms. The van der Waals surface area contributed by atoms with Crippen molar-refractivity contribution in [2.45, 2.75) is 52.2 Å². The minimum atomic E-state index is -0.157. The summed E-state index contributed by atoms with van der Waals surface area (Å²) in [6, 6.07) is -0.157. The van der Waals surface area contributed by atoms with Crippen LogP contribution in [0.15, 0.2) is 4.52 Å². The minimum absolute atomic E-state index is 0.138. The van der Waals surface area contributed by atoms with E-state index in [0.717, 1.165) is 19.3 Å². The molecule has 1 rings (SSSR count). The summed E-state index contributed by atoms with van der Waals surface area (Å²) in [7, 11) is 0. The molecule has 1 unspecified atom stereocenters. The van der Waals surface area contributed by atoms with Crippen LogP contribution in [-0.4, -0.2) is 16.7 Å². The first-order valence-electron chi connectivity index (χ1n) is 5.89. The normalized spacial score (nSPS) is 15.0. The first-order valence-corrected chi connectivity index (χ1v) is 5.89. The fraction of sp³-hybridized carbons (Fsp3) is 0.818. The van der Waals surface area contributed by atoms with Gasteiger partial charge in [0.2, 0.25) is 5.89 Å². The quantitative estimate of drug-likeness (QED) is 0.774. The van der Waals surface area contributed by atoms with Crippen LogP contribution in [-0.2, 0) is 4.74 Å². The summed E-state index contributed by atoms with van der Waals surface area (Å²) >= 11 is 0. The number of nitrogens with zero attached hydrogens (tertiary/aromatic N) is 2. The molecular weight excluding hydrogens is 206 g/mol. The second kappa shape index (κ2) is 6.60. The number of nitrogens with two attached hydrogens (primary N) is 1. The molecule has 2 N–H and O–H groups in total. The molecule has 0 spiro atoms. The molecule has 0 saturated carbocycles. The molecule has 1 aromatic rings. The molecule has 5 nitrogen and oxygen atoms in total. The molecule has 0 aliphatic heterocycles. The molecule has 5 heteroatoms. The van der Waals surface area contributed by atoms with Gasteiger partial charge in [0.05, 0.1) is 6.04 Å². The van der Waals surface area contributed by atoms with E-state index in [0.29, 0.717) is 18.3 Å². The van der Waals surface area contributed by atoms with Crippen molar-refractivity contribution in [1.29, 1.82) is 0 Å². The fourth-order valence-electron chi connectivity index (χ4n) is 1.44. The van der Waals surface area contributed by atoms with E-state index in [1.165, 1.54) is 0 Å². The first kappa shape index (κ1) is 13.1. The van der Waals surface area contributed by atoms with Gasteiger partial charge in [-0.25, -0.2) is 0 Å². The van der Waals surface area contributed by atoms with Gasteiger partial charge >= 0.3 is 0 Å². The molecular formula is C11H21N3O2. The molecule has 0 aromatic carbocycles. The predicted octanol–water partition coefficient (Wildman–Crippen LogP) is 2.36. The summed E-state index contributed by atoms with van der Waals surface area (Å²) in [6.07, 6.45) is 2.92. The molecule has 0 radical (unpaired) electrons. The zero-order valence-electron chi connectivity index (χ0n) is 10.3. The Hall–Kier alpha value is -0.940. The van der Waals surface area contributed by atoms with Crippen LogP contribution in [0.1, 0.15) is 63.9 Å². The van der Waals surface area contributed by atoms with Gasteiger partial charge in [0, 0.05) is 6.61 Å². The lowest BCUT2D eigenvalue weighted by Gasteiger charge is -2.06. The van der Waals surface area contributed by atoms with Gasteiger partial charge in [0.25, 0.3) is 0 Å². The Labute approximate surface area is 96.4 Å². The molecule has 0 aliphatic carbocycles. The van der Waals surface area contributed by atoms with Crippen molar-refractivity contribution in [2.75, 3.05) is 6.61 Å². The lowest BCUT2D eigenvalue weighted by atomic mass is 10.1. The van der Waals surface area contributed by atoms with E-state index in [9.17, 15) is 0 Å². The topological polar surface area (TPSA) is 74.2 Å². The van der Waals surface area contributed by atoms with Crippen molar-refractivity contribution in [3.63, 3.8) is 0 Å². The van der Waals surface area contributed by atoms with Crippen molar-refractivity contribution in [3.05, 3.63) is 11.7 Å². The Morgan fingerprint density at radius 3 is 2.81 bits per heavy atom. The maximum Gasteiger partial charge on any atom is 0.243 e. The maximum atomic E-state index is 5.93. The Kier molecular flexibility index (Phi) is 5.42. The lowest BCUT2D eigenvalue weighted by Crippen LogP contribution is -2.11. The third-order valence-electron chi connectivity index (χ3n) is 2.42. The van der Waals surface area contributed by atoms with Crippen LogP contribution in [0.2, 0.25) is 0 Å². The predicted molar refractivity (Wildman–Crippen MR) is 60.8 cm³/mol. The van der Waals surface area contributed by atoms with E-state index in [2.05, 4.69) is 17.1 Å². The number of rotatable bonds is 7. The van der Waals surface area contributed by atoms with Crippen molar-refractivity contribution >= 4 is 0 Å². The monoisotopic (exact) mass is 227 g/mol. The third-order valence-corrected chi connectivity index (χ3v) is 2.42. The average molecular weight is 227 g/mol. The molecule has 0 bridgehead atoms. The second-order valence-electron chi connectivity index (χ2n) is 3.84. The van der Waals surface area contributed by atoms with Gasteiger partial charge < -0.3 is 15.0 Å². The van der Waals surface area contributed by atoms with Gasteiger partial charge in [-0.15, -0.1) is 0 Å². The Bertz CT molecular complexity index is 301. The summed E-state index contributed by atoms with van der Waals surface area (Å²) in [6.45, 7) is 6.59. The highest BCUT2D eigenvalue weighted by Crippen LogP contribution is 2.18. The standard InChI is InChI=1S/C11H21N3O2/c1-4-6-7-9(12)11-13-10(14-16-11)8(3)15-5-2/h8-9H,4-7,12H2,1-3H3/t8?,9-/m0/s1. The van der Waals surface area contributed by atoms with Crippen LogP contribution in [0.4, 0.5) is 0 Å². The van der Waals surface area contributed by atoms with Crippen LogP contribution in [0, 0.1) is 0 Å². The van der Waals surface area contributed by atoms with Gasteiger partial charge in [-0.05, 0) is 20.3 Å². The van der Waals surface area contributed by atoms with Gasteiger partial charge in [0.15, 0.2) is 5.82 Å². The van der Waals surface area contributed by atoms with Crippen LogP contribution in [0.3, 0.4) is 0 Å². The van der Waals surface area contributed by atoms with Crippen molar-refractivity contribution < 1.29 is 9.26 Å². The third kappa shape index (κ3) is 3.57. The average Bonchev–Trinajstić information content (AvgIpc) is 2.75. The summed E-state index contributed by atoms with van der Waals surface area (Å²) in [5.41, 5.74) is 5.93. The van der Waals surface area contributed by atoms with Crippen molar-refractivity contribution in [3.8, 4) is 0 Å². The van der Waals surface area contributed by atoms with Gasteiger partial charge in [-0.2, -0.15) is 4.98 Å². The highest BCUT2D eigenvalue weighted by molar-refractivity contribution is 4.94. The number of unbranched alkanes of at least 4 members (excludes halogenated alkanes) is 1. The summed E-state index contributed by atoms with van der Waals surface area (Å²) in [5, 5.41) is 3.87. The van der Waals surface area contributed by atoms with E-state index in [-0.39, 0.29) is 12.1 Å². The zero-order chi connectivity index (χ0) is 12.0. The van der Waals surface area contributed by atoms with Crippen molar-refractivity contribution in [1.82, 2.24) is 10.1 Å². The molecule has 0 fully saturated rings. The number of ether oxygens (including phenoxy) is 1. The summed E-state index contributed by atoms with van der Waals surface area (Å²) in [4.78, 5) is 4.25.